The molecule has 0 aromatic carbocycles. The van der Waals surface area contributed by atoms with E-state index in [1.54, 1.807) is 0 Å². The van der Waals surface area contributed by atoms with Crippen LogP contribution < -0.4 is 5.73 Å². The predicted octanol–water partition coefficient (Wildman–Crippen LogP) is 1.04. The molecule has 3 nitrogen and oxygen atoms in total. The number of hydrogen-bond donors (Lipinski definition) is 2. The summed E-state index contributed by atoms with van der Waals surface area (Å²) >= 11 is 0. The minimum Gasteiger partial charge on any atom is -0.330 e. The van der Waals surface area contributed by atoms with Gasteiger partial charge in [-0.15, -0.1) is 0 Å². The summed E-state index contributed by atoms with van der Waals surface area (Å²) in [5, 5.41) is 7.10. The minimum atomic E-state index is 0.240. The summed E-state index contributed by atoms with van der Waals surface area (Å²) in [7, 11) is 0. The third kappa shape index (κ3) is 0.967. The molecule has 2 unspecified atom stereocenters. The van der Waals surface area contributed by atoms with Crippen molar-refractivity contribution in [1.29, 1.82) is 0 Å². The largest absolute Gasteiger partial charge is 0.330 e. The number of aromatic amines is 1. The zero-order chi connectivity index (χ0) is 8.89. The molecule has 0 radical (unpaired) electrons. The maximum Gasteiger partial charge on any atom is 0.0490 e. The quantitative estimate of drug-likeness (QED) is 0.709. The van der Waals surface area contributed by atoms with Gasteiger partial charge in [0, 0.05) is 23.9 Å². The zero-order valence-corrected chi connectivity index (χ0v) is 7.66. The first kappa shape index (κ1) is 7.56. The SMILES string of the molecule is NCC1(c2ccn[nH]2)CC2CC2C1. The molecule has 3 N–H and O–H groups in total. The number of aromatic nitrogens is 2. The van der Waals surface area contributed by atoms with Gasteiger partial charge in [-0.05, 0) is 37.2 Å². The van der Waals surface area contributed by atoms with E-state index in [4.69, 9.17) is 5.73 Å². The van der Waals surface area contributed by atoms with Gasteiger partial charge >= 0.3 is 0 Å². The Morgan fingerprint density at radius 3 is 2.85 bits per heavy atom. The van der Waals surface area contributed by atoms with Gasteiger partial charge in [0.2, 0.25) is 0 Å². The van der Waals surface area contributed by atoms with Crippen LogP contribution in [-0.2, 0) is 5.41 Å². The molecule has 0 bridgehead atoms. The fourth-order valence-corrected chi connectivity index (χ4v) is 2.95. The van der Waals surface area contributed by atoms with Gasteiger partial charge in [-0.1, -0.05) is 0 Å². The van der Waals surface area contributed by atoms with Gasteiger partial charge < -0.3 is 5.73 Å². The number of nitrogens with zero attached hydrogens (tertiary/aromatic N) is 1. The maximum absolute atomic E-state index is 5.90. The normalized spacial score (nSPS) is 41.9. The van der Waals surface area contributed by atoms with Gasteiger partial charge in [-0.25, -0.2) is 0 Å². The first-order valence-electron chi connectivity index (χ1n) is 5.04. The van der Waals surface area contributed by atoms with E-state index in [1.165, 1.54) is 25.0 Å². The van der Waals surface area contributed by atoms with E-state index in [2.05, 4.69) is 16.3 Å². The van der Waals surface area contributed by atoms with Crippen LogP contribution in [0.3, 0.4) is 0 Å². The van der Waals surface area contributed by atoms with Crippen LogP contribution in [0, 0.1) is 11.8 Å². The van der Waals surface area contributed by atoms with E-state index in [0.29, 0.717) is 0 Å². The van der Waals surface area contributed by atoms with Crippen molar-refractivity contribution in [2.45, 2.75) is 24.7 Å². The molecule has 2 saturated carbocycles. The Hall–Kier alpha value is -0.830. The highest BCUT2D eigenvalue weighted by Crippen LogP contribution is 2.59. The van der Waals surface area contributed by atoms with Crippen molar-refractivity contribution in [3.8, 4) is 0 Å². The molecule has 0 amide bonds. The first-order chi connectivity index (χ1) is 6.34. The molecule has 70 valence electrons. The number of rotatable bonds is 2. The first-order valence-corrected chi connectivity index (χ1v) is 5.04. The Labute approximate surface area is 77.7 Å². The molecule has 0 aliphatic heterocycles. The minimum absolute atomic E-state index is 0.240. The van der Waals surface area contributed by atoms with Gasteiger partial charge in [-0.3, -0.25) is 5.10 Å². The molecule has 1 heterocycles. The van der Waals surface area contributed by atoms with Crippen LogP contribution in [0.1, 0.15) is 25.0 Å². The summed E-state index contributed by atoms with van der Waals surface area (Å²) in [6.07, 6.45) is 5.82. The Morgan fingerprint density at radius 1 is 1.54 bits per heavy atom. The lowest BCUT2D eigenvalue weighted by Crippen LogP contribution is -2.34. The molecule has 13 heavy (non-hydrogen) atoms. The second-order valence-electron chi connectivity index (χ2n) is 4.62. The van der Waals surface area contributed by atoms with Crippen molar-refractivity contribution >= 4 is 0 Å². The van der Waals surface area contributed by atoms with E-state index in [-0.39, 0.29) is 5.41 Å². The van der Waals surface area contributed by atoms with Crippen molar-refractivity contribution in [1.82, 2.24) is 10.2 Å². The molecular formula is C10H15N3. The molecule has 0 saturated heterocycles. The molecule has 1 aromatic rings. The van der Waals surface area contributed by atoms with Gasteiger partial charge in [0.1, 0.15) is 0 Å². The standard InChI is InChI=1S/C10H15N3/c11-6-10(9-1-2-12-13-9)4-7-3-8(7)5-10/h1-2,7-8H,3-6,11H2,(H,12,13). The third-order valence-corrected chi connectivity index (χ3v) is 3.84. The van der Waals surface area contributed by atoms with Gasteiger partial charge in [0.05, 0.1) is 0 Å². The average molecular weight is 177 g/mol. The number of fused-ring (bicyclic) bond motifs is 1. The number of nitrogens with one attached hydrogen (secondary N) is 1. The number of H-pyrrole nitrogens is 1. The Balaban J connectivity index is 1.93. The van der Waals surface area contributed by atoms with Crippen LogP contribution in [0.25, 0.3) is 0 Å². The fraction of sp³-hybridized carbons (Fsp3) is 0.700. The molecule has 2 fully saturated rings. The van der Waals surface area contributed by atoms with Crippen molar-refractivity contribution in [2.75, 3.05) is 6.54 Å². The molecule has 3 heteroatoms. The van der Waals surface area contributed by atoms with Gasteiger partial charge in [0.25, 0.3) is 0 Å². The number of hydrogen-bond acceptors (Lipinski definition) is 2. The molecule has 1 aromatic heterocycles. The van der Waals surface area contributed by atoms with Crippen LogP contribution in [0.4, 0.5) is 0 Å². The maximum atomic E-state index is 5.90. The summed E-state index contributed by atoms with van der Waals surface area (Å²) in [4.78, 5) is 0. The summed E-state index contributed by atoms with van der Waals surface area (Å²) in [6.45, 7) is 0.766. The average Bonchev–Trinajstić information content (AvgIpc) is 2.65. The molecule has 2 aliphatic carbocycles. The third-order valence-electron chi connectivity index (χ3n) is 3.84. The zero-order valence-electron chi connectivity index (χ0n) is 7.66. The highest BCUT2D eigenvalue weighted by atomic mass is 15.1. The predicted molar refractivity (Wildman–Crippen MR) is 50.2 cm³/mol. The molecule has 2 aliphatic rings. The second-order valence-corrected chi connectivity index (χ2v) is 4.62. The van der Waals surface area contributed by atoms with Crippen LogP contribution in [0.15, 0.2) is 12.3 Å². The highest BCUT2D eigenvalue weighted by Gasteiger charge is 2.54. The number of nitrogens with two attached hydrogens (primary N) is 1. The van der Waals surface area contributed by atoms with Crippen molar-refractivity contribution in [3.05, 3.63) is 18.0 Å². The van der Waals surface area contributed by atoms with Crippen LogP contribution in [0.5, 0.6) is 0 Å². The lowest BCUT2D eigenvalue weighted by atomic mass is 9.80. The van der Waals surface area contributed by atoms with E-state index >= 15 is 0 Å². The molecule has 0 spiro atoms. The smallest absolute Gasteiger partial charge is 0.0490 e. The molecular weight excluding hydrogens is 162 g/mol. The van der Waals surface area contributed by atoms with E-state index in [9.17, 15) is 0 Å². The van der Waals surface area contributed by atoms with Crippen molar-refractivity contribution < 1.29 is 0 Å². The summed E-state index contributed by atoms with van der Waals surface area (Å²) < 4.78 is 0. The lowest BCUT2D eigenvalue weighted by Gasteiger charge is -2.27. The fourth-order valence-electron chi connectivity index (χ4n) is 2.95. The van der Waals surface area contributed by atoms with E-state index < -0.39 is 0 Å². The van der Waals surface area contributed by atoms with Crippen molar-refractivity contribution in [3.63, 3.8) is 0 Å². The Kier molecular flexibility index (Phi) is 1.37. The highest BCUT2D eigenvalue weighted by molar-refractivity contribution is 5.22. The monoisotopic (exact) mass is 177 g/mol. The van der Waals surface area contributed by atoms with Gasteiger partial charge in [-0.2, -0.15) is 5.10 Å². The van der Waals surface area contributed by atoms with E-state index in [1.807, 2.05) is 6.20 Å². The second kappa shape index (κ2) is 2.35. The van der Waals surface area contributed by atoms with Crippen LogP contribution >= 0.6 is 0 Å². The molecule has 3 rings (SSSR count). The Bertz CT molecular complexity index is 294. The molecule has 2 atom stereocenters. The van der Waals surface area contributed by atoms with Crippen molar-refractivity contribution in [2.24, 2.45) is 17.6 Å². The summed E-state index contributed by atoms with van der Waals surface area (Å²) in [5.74, 6) is 1.93. The summed E-state index contributed by atoms with van der Waals surface area (Å²) in [5.41, 5.74) is 7.39. The van der Waals surface area contributed by atoms with Gasteiger partial charge in [0.15, 0.2) is 0 Å². The van der Waals surface area contributed by atoms with Crippen LogP contribution in [0.2, 0.25) is 0 Å². The lowest BCUT2D eigenvalue weighted by molar-refractivity contribution is 0.393. The Morgan fingerprint density at radius 2 is 2.31 bits per heavy atom. The summed E-state index contributed by atoms with van der Waals surface area (Å²) in [6, 6.07) is 2.08. The van der Waals surface area contributed by atoms with E-state index in [0.717, 1.165) is 18.4 Å². The topological polar surface area (TPSA) is 54.7 Å². The van der Waals surface area contributed by atoms with Crippen LogP contribution in [-0.4, -0.2) is 16.7 Å².